The number of carbonyl (C=O) groups excluding carboxylic acids is 1. The second-order valence-corrected chi connectivity index (χ2v) is 6.15. The number of ether oxygens (including phenoxy) is 1. The van der Waals surface area contributed by atoms with Crippen molar-refractivity contribution >= 4 is 5.97 Å². The molecule has 3 nitrogen and oxygen atoms in total. The Bertz CT molecular complexity index is 702. The number of rotatable bonds is 7. The van der Waals surface area contributed by atoms with Crippen molar-refractivity contribution in [2.45, 2.75) is 68.3 Å². The minimum atomic E-state index is -8.46. The van der Waals surface area contributed by atoms with Crippen molar-refractivity contribution in [2.75, 3.05) is 0 Å². The molecular formula is C14H11F15O3. The van der Waals surface area contributed by atoms with Crippen LogP contribution >= 0.6 is 0 Å². The van der Waals surface area contributed by atoms with E-state index in [1.165, 1.54) is 0 Å². The summed E-state index contributed by atoms with van der Waals surface area (Å²) >= 11 is 0. The SMILES string of the molecule is CC=C(CC(C)O)C(=O)OC(F)(C(F)(F)C(F)(F)F)C(F)(F)C(F)(C(F)(F)F)C(F)(F)F. The van der Waals surface area contributed by atoms with Crippen molar-refractivity contribution in [1.29, 1.82) is 0 Å². The van der Waals surface area contributed by atoms with Crippen molar-refractivity contribution in [3.8, 4) is 0 Å². The molecule has 0 aromatic carbocycles. The zero-order valence-corrected chi connectivity index (χ0v) is 15.3. The zero-order valence-electron chi connectivity index (χ0n) is 15.3. The molecule has 0 aliphatic carbocycles. The summed E-state index contributed by atoms with van der Waals surface area (Å²) < 4.78 is 199. The monoisotopic (exact) mass is 512 g/mol. The van der Waals surface area contributed by atoms with E-state index in [1.807, 2.05) is 0 Å². The van der Waals surface area contributed by atoms with Crippen LogP contribution in [0.3, 0.4) is 0 Å². The molecule has 0 saturated heterocycles. The highest BCUT2D eigenvalue weighted by atomic mass is 19.4. The van der Waals surface area contributed by atoms with E-state index in [2.05, 4.69) is 4.74 Å². The quantitative estimate of drug-likeness (QED) is 0.276. The molecule has 0 fully saturated rings. The minimum Gasteiger partial charge on any atom is -0.413 e. The van der Waals surface area contributed by atoms with Crippen LogP contribution in [0.1, 0.15) is 20.3 Å². The Hall–Kier alpha value is -1.88. The molecule has 0 saturated carbocycles. The molecule has 0 aromatic rings. The van der Waals surface area contributed by atoms with E-state index in [4.69, 9.17) is 5.11 Å². The van der Waals surface area contributed by atoms with Crippen LogP contribution in [0.4, 0.5) is 65.9 Å². The smallest absolute Gasteiger partial charge is 0.413 e. The second kappa shape index (κ2) is 8.48. The van der Waals surface area contributed by atoms with Gasteiger partial charge in [-0.25, -0.2) is 9.18 Å². The van der Waals surface area contributed by atoms with Crippen LogP contribution in [0.5, 0.6) is 0 Å². The summed E-state index contributed by atoms with van der Waals surface area (Å²) in [5.41, 5.74) is -9.82. The van der Waals surface area contributed by atoms with Gasteiger partial charge < -0.3 is 9.84 Å². The standard InChI is InChI=1S/C14H11F15O3/c1-3-6(4-5(2)30)7(31)32-11(20,10(18,19)14(27,28)29)9(16,17)8(15,12(21,22)23)13(24,25)26/h3,5,30H,4H2,1-2H3. The van der Waals surface area contributed by atoms with E-state index in [0.717, 1.165) is 6.92 Å². The maximum Gasteiger partial charge on any atom is 0.461 e. The molecular weight excluding hydrogens is 501 g/mol. The Morgan fingerprint density at radius 1 is 0.781 bits per heavy atom. The molecule has 2 unspecified atom stereocenters. The third-order valence-electron chi connectivity index (χ3n) is 3.74. The van der Waals surface area contributed by atoms with Gasteiger partial charge in [0.15, 0.2) is 0 Å². The van der Waals surface area contributed by atoms with Crippen LogP contribution in [-0.4, -0.2) is 59.1 Å². The van der Waals surface area contributed by atoms with Crippen LogP contribution in [0, 0.1) is 0 Å². The van der Waals surface area contributed by atoms with Gasteiger partial charge in [0.1, 0.15) is 0 Å². The molecule has 2 atom stereocenters. The number of carbonyl (C=O) groups is 1. The summed E-state index contributed by atoms with van der Waals surface area (Å²) in [7, 11) is 0. The van der Waals surface area contributed by atoms with Gasteiger partial charge in [-0.3, -0.25) is 0 Å². The number of aliphatic hydroxyl groups is 1. The van der Waals surface area contributed by atoms with Gasteiger partial charge in [0.25, 0.3) is 0 Å². The third kappa shape index (κ3) is 4.59. The van der Waals surface area contributed by atoms with E-state index in [1.54, 1.807) is 0 Å². The van der Waals surface area contributed by atoms with Gasteiger partial charge in [0.2, 0.25) is 0 Å². The fraction of sp³-hybridized carbons (Fsp3) is 0.786. The molecule has 0 rings (SSSR count). The molecule has 190 valence electrons. The first kappa shape index (κ1) is 30.1. The molecule has 0 amide bonds. The van der Waals surface area contributed by atoms with Crippen LogP contribution in [0.2, 0.25) is 0 Å². The van der Waals surface area contributed by atoms with Crippen LogP contribution in [0.25, 0.3) is 0 Å². The molecule has 0 aromatic heterocycles. The molecule has 0 aliphatic heterocycles. The maximum atomic E-state index is 14.5. The minimum absolute atomic E-state index is 0.301. The van der Waals surface area contributed by atoms with Gasteiger partial charge in [-0.1, -0.05) is 6.08 Å². The maximum absolute atomic E-state index is 14.5. The highest BCUT2D eigenvalue weighted by Gasteiger charge is 2.96. The Morgan fingerprint density at radius 2 is 1.16 bits per heavy atom. The van der Waals surface area contributed by atoms with E-state index >= 15 is 0 Å². The number of alkyl halides is 15. The van der Waals surface area contributed by atoms with Crippen molar-refractivity contribution < 1.29 is 80.5 Å². The van der Waals surface area contributed by atoms with Gasteiger partial charge in [-0.2, -0.15) is 61.5 Å². The molecule has 0 radical (unpaired) electrons. The summed E-state index contributed by atoms with van der Waals surface area (Å²) in [6.45, 7) is 1.46. The Kier molecular flexibility index (Phi) is 7.98. The third-order valence-corrected chi connectivity index (χ3v) is 3.74. The van der Waals surface area contributed by atoms with Gasteiger partial charge in [0, 0.05) is 12.0 Å². The average molecular weight is 512 g/mol. The topological polar surface area (TPSA) is 46.5 Å². The van der Waals surface area contributed by atoms with Crippen molar-refractivity contribution in [1.82, 2.24) is 0 Å². The highest BCUT2D eigenvalue weighted by molar-refractivity contribution is 5.88. The second-order valence-electron chi connectivity index (χ2n) is 6.15. The number of allylic oxidation sites excluding steroid dienone is 1. The predicted molar refractivity (Wildman–Crippen MR) is 71.9 cm³/mol. The normalized spacial score (nSPS) is 18.2. The molecule has 0 heterocycles. The number of halogens is 15. The lowest BCUT2D eigenvalue weighted by molar-refractivity contribution is -0.478. The van der Waals surface area contributed by atoms with Gasteiger partial charge in [-0.15, -0.1) is 0 Å². The van der Waals surface area contributed by atoms with Crippen molar-refractivity contribution in [3.63, 3.8) is 0 Å². The van der Waals surface area contributed by atoms with E-state index in [9.17, 15) is 70.7 Å². The van der Waals surface area contributed by atoms with Crippen LogP contribution in [-0.2, 0) is 9.53 Å². The average Bonchev–Trinajstić information content (AvgIpc) is 2.54. The first-order valence-electron chi connectivity index (χ1n) is 7.66. The van der Waals surface area contributed by atoms with Crippen molar-refractivity contribution in [3.05, 3.63) is 11.6 Å². The lowest BCUT2D eigenvalue weighted by Crippen LogP contribution is -2.77. The van der Waals surface area contributed by atoms with Gasteiger partial charge >= 0.3 is 47.9 Å². The lowest BCUT2D eigenvalue weighted by atomic mass is 9.86. The van der Waals surface area contributed by atoms with Crippen LogP contribution in [0.15, 0.2) is 11.6 Å². The van der Waals surface area contributed by atoms with E-state index in [-0.39, 0.29) is 0 Å². The Labute approximate surface area is 167 Å². The van der Waals surface area contributed by atoms with Crippen LogP contribution < -0.4 is 0 Å². The molecule has 0 spiro atoms. The summed E-state index contributed by atoms with van der Waals surface area (Å²) in [6, 6.07) is 0. The molecule has 32 heavy (non-hydrogen) atoms. The molecule has 1 N–H and O–H groups in total. The first-order chi connectivity index (χ1) is 13.8. The fourth-order valence-electron chi connectivity index (χ4n) is 2.08. The molecule has 0 aliphatic rings. The summed E-state index contributed by atoms with van der Waals surface area (Å²) in [5, 5.41) is 9.02. The number of hydrogen-bond acceptors (Lipinski definition) is 3. The summed E-state index contributed by atoms with van der Waals surface area (Å²) in [4.78, 5) is 11.6. The largest absolute Gasteiger partial charge is 0.461 e. The summed E-state index contributed by atoms with van der Waals surface area (Å²) in [5.74, 6) is -27.5. The Balaban J connectivity index is 7.23. The molecule has 0 bridgehead atoms. The first-order valence-corrected chi connectivity index (χ1v) is 7.66. The lowest BCUT2D eigenvalue weighted by Gasteiger charge is -2.44. The molecule has 18 heteroatoms. The van der Waals surface area contributed by atoms with E-state index in [0.29, 0.717) is 13.0 Å². The number of hydrogen-bond donors (Lipinski definition) is 1. The Morgan fingerprint density at radius 3 is 1.41 bits per heavy atom. The van der Waals surface area contributed by atoms with Crippen molar-refractivity contribution in [2.24, 2.45) is 0 Å². The van der Waals surface area contributed by atoms with Gasteiger partial charge in [-0.05, 0) is 13.8 Å². The number of aliphatic hydroxyl groups excluding tert-OH is 1. The zero-order chi connectivity index (χ0) is 26.4. The van der Waals surface area contributed by atoms with Gasteiger partial charge in [0.05, 0.1) is 6.10 Å². The summed E-state index contributed by atoms with van der Waals surface area (Å²) in [6.07, 6.45) is -26.4. The number of esters is 1. The highest BCUT2D eigenvalue weighted by Crippen LogP contribution is 2.63. The fourth-order valence-corrected chi connectivity index (χ4v) is 2.08. The predicted octanol–water partition coefficient (Wildman–Crippen LogP) is 5.58. The van der Waals surface area contributed by atoms with E-state index < -0.39 is 66.0 Å².